The molecule has 0 aliphatic carbocycles. The summed E-state index contributed by atoms with van der Waals surface area (Å²) in [6.07, 6.45) is 0.785. The number of hydrogen-bond donors (Lipinski definition) is 1. The molecule has 1 fully saturated rings. The highest BCUT2D eigenvalue weighted by Gasteiger charge is 2.32. The van der Waals surface area contributed by atoms with E-state index in [2.05, 4.69) is 17.0 Å². The molecule has 0 spiro atoms. The number of likely N-dealkylation sites (tertiary alicyclic amines) is 1. The van der Waals surface area contributed by atoms with Crippen LogP contribution in [0.2, 0.25) is 0 Å². The molecule has 1 heterocycles. The van der Waals surface area contributed by atoms with E-state index < -0.39 is 0 Å². The zero-order valence-corrected chi connectivity index (χ0v) is 11.4. The maximum Gasteiger partial charge on any atom is 0.310 e. The van der Waals surface area contributed by atoms with Gasteiger partial charge in [-0.05, 0) is 25.5 Å². The smallest absolute Gasteiger partial charge is 0.310 e. The molecule has 19 heavy (non-hydrogen) atoms. The molecule has 2 N–H and O–H groups in total. The summed E-state index contributed by atoms with van der Waals surface area (Å²) in [5, 5.41) is 0. The first-order chi connectivity index (χ1) is 9.20. The van der Waals surface area contributed by atoms with E-state index in [0.29, 0.717) is 6.61 Å². The molecule has 4 heteroatoms. The molecule has 1 aliphatic heterocycles. The molecule has 0 amide bonds. The molecular formula is C15H22N2O2. The number of nitrogens with two attached hydrogens (primary N) is 1. The van der Waals surface area contributed by atoms with Crippen molar-refractivity contribution < 1.29 is 9.53 Å². The van der Waals surface area contributed by atoms with Gasteiger partial charge in [0.05, 0.1) is 12.5 Å². The van der Waals surface area contributed by atoms with E-state index in [1.807, 2.05) is 25.1 Å². The normalized spacial score (nSPS) is 24.1. The number of rotatable bonds is 4. The van der Waals surface area contributed by atoms with Crippen LogP contribution in [0.3, 0.4) is 0 Å². The van der Waals surface area contributed by atoms with Gasteiger partial charge < -0.3 is 10.5 Å². The van der Waals surface area contributed by atoms with E-state index in [0.717, 1.165) is 26.1 Å². The molecule has 0 bridgehead atoms. The summed E-state index contributed by atoms with van der Waals surface area (Å²) in [4.78, 5) is 14.1. The lowest BCUT2D eigenvalue weighted by Crippen LogP contribution is -2.51. The summed E-state index contributed by atoms with van der Waals surface area (Å²) in [5.74, 6) is -0.290. The van der Waals surface area contributed by atoms with Crippen molar-refractivity contribution in [1.29, 1.82) is 0 Å². The Morgan fingerprint density at radius 1 is 1.42 bits per heavy atom. The molecule has 4 nitrogen and oxygen atoms in total. The maximum absolute atomic E-state index is 11.8. The minimum absolute atomic E-state index is 0.128. The van der Waals surface area contributed by atoms with Crippen LogP contribution < -0.4 is 5.73 Å². The first-order valence-corrected chi connectivity index (χ1v) is 6.89. The molecule has 1 saturated heterocycles. The van der Waals surface area contributed by atoms with Gasteiger partial charge in [-0.1, -0.05) is 30.3 Å². The van der Waals surface area contributed by atoms with Crippen molar-refractivity contribution in [3.05, 3.63) is 35.9 Å². The summed E-state index contributed by atoms with van der Waals surface area (Å²) >= 11 is 0. The van der Waals surface area contributed by atoms with E-state index in [4.69, 9.17) is 10.5 Å². The van der Waals surface area contributed by atoms with Crippen molar-refractivity contribution in [2.45, 2.75) is 25.9 Å². The van der Waals surface area contributed by atoms with Crippen LogP contribution in [0.25, 0.3) is 0 Å². The fourth-order valence-electron chi connectivity index (χ4n) is 2.58. The maximum atomic E-state index is 11.8. The third kappa shape index (κ3) is 3.78. The molecule has 1 aromatic carbocycles. The predicted octanol–water partition coefficient (Wildman–Crippen LogP) is 1.40. The van der Waals surface area contributed by atoms with Gasteiger partial charge in [-0.3, -0.25) is 9.69 Å². The molecule has 1 aliphatic rings. The fourth-order valence-corrected chi connectivity index (χ4v) is 2.58. The molecule has 0 aromatic heterocycles. The molecular weight excluding hydrogens is 240 g/mol. The van der Waals surface area contributed by atoms with Crippen LogP contribution in [0.4, 0.5) is 0 Å². The van der Waals surface area contributed by atoms with Crippen molar-refractivity contribution in [1.82, 2.24) is 4.90 Å². The second-order valence-electron chi connectivity index (χ2n) is 5.03. The largest absolute Gasteiger partial charge is 0.466 e. The molecule has 1 aromatic rings. The monoisotopic (exact) mass is 262 g/mol. The van der Waals surface area contributed by atoms with E-state index in [9.17, 15) is 4.79 Å². The molecule has 0 radical (unpaired) electrons. The summed E-state index contributed by atoms with van der Waals surface area (Å²) in [5.41, 5.74) is 7.39. The quantitative estimate of drug-likeness (QED) is 0.833. The van der Waals surface area contributed by atoms with Crippen LogP contribution in [-0.4, -0.2) is 36.6 Å². The highest BCUT2D eigenvalue weighted by atomic mass is 16.5. The molecule has 0 saturated carbocycles. The third-order valence-electron chi connectivity index (χ3n) is 3.58. The molecule has 2 atom stereocenters. The Kier molecular flexibility index (Phi) is 4.93. The number of benzene rings is 1. The van der Waals surface area contributed by atoms with Gasteiger partial charge in [-0.2, -0.15) is 0 Å². The lowest BCUT2D eigenvalue weighted by atomic mass is 9.92. The second kappa shape index (κ2) is 6.68. The first kappa shape index (κ1) is 14.0. The Balaban J connectivity index is 1.88. The van der Waals surface area contributed by atoms with E-state index in [1.165, 1.54) is 5.56 Å². The van der Waals surface area contributed by atoms with Crippen molar-refractivity contribution in [2.75, 3.05) is 19.7 Å². The van der Waals surface area contributed by atoms with Gasteiger partial charge in [0, 0.05) is 19.1 Å². The molecule has 2 rings (SSSR count). The van der Waals surface area contributed by atoms with Gasteiger partial charge in [0.25, 0.3) is 0 Å². The molecule has 104 valence electrons. The summed E-state index contributed by atoms with van der Waals surface area (Å²) in [6.45, 7) is 4.79. The topological polar surface area (TPSA) is 55.6 Å². The Hall–Kier alpha value is -1.39. The predicted molar refractivity (Wildman–Crippen MR) is 74.4 cm³/mol. The van der Waals surface area contributed by atoms with Crippen LogP contribution in [-0.2, 0) is 16.1 Å². The van der Waals surface area contributed by atoms with Crippen LogP contribution in [0.15, 0.2) is 30.3 Å². The van der Waals surface area contributed by atoms with E-state index >= 15 is 0 Å². The Morgan fingerprint density at radius 3 is 2.79 bits per heavy atom. The lowest BCUT2D eigenvalue weighted by molar-refractivity contribution is -0.150. The standard InChI is InChI=1S/C15H22N2O2/c1-2-19-15(18)13-8-9-17(11-14(13)16)10-12-6-4-3-5-7-12/h3-7,13-14H,2,8-11,16H2,1H3/t13-,14-/m0/s1. The highest BCUT2D eigenvalue weighted by Crippen LogP contribution is 2.19. The van der Waals surface area contributed by atoms with E-state index in [1.54, 1.807) is 0 Å². The van der Waals surface area contributed by atoms with Gasteiger partial charge >= 0.3 is 5.97 Å². The summed E-state index contributed by atoms with van der Waals surface area (Å²) < 4.78 is 5.07. The summed E-state index contributed by atoms with van der Waals surface area (Å²) in [7, 11) is 0. The number of nitrogens with zero attached hydrogens (tertiary/aromatic N) is 1. The highest BCUT2D eigenvalue weighted by molar-refractivity contribution is 5.73. The molecule has 0 unspecified atom stereocenters. The first-order valence-electron chi connectivity index (χ1n) is 6.89. The van der Waals surface area contributed by atoms with Gasteiger partial charge in [-0.25, -0.2) is 0 Å². The second-order valence-corrected chi connectivity index (χ2v) is 5.03. The third-order valence-corrected chi connectivity index (χ3v) is 3.58. The van der Waals surface area contributed by atoms with Crippen molar-refractivity contribution in [3.8, 4) is 0 Å². The Morgan fingerprint density at radius 2 is 2.16 bits per heavy atom. The SMILES string of the molecule is CCOC(=O)[C@H]1CCN(Cc2ccccc2)C[C@@H]1N. The van der Waals surface area contributed by atoms with Gasteiger partial charge in [0.1, 0.15) is 0 Å². The average molecular weight is 262 g/mol. The van der Waals surface area contributed by atoms with Crippen molar-refractivity contribution in [2.24, 2.45) is 11.7 Å². The van der Waals surface area contributed by atoms with Crippen LogP contribution in [0.5, 0.6) is 0 Å². The van der Waals surface area contributed by atoms with Crippen LogP contribution in [0, 0.1) is 5.92 Å². The number of carbonyl (C=O) groups is 1. The van der Waals surface area contributed by atoms with Crippen molar-refractivity contribution in [3.63, 3.8) is 0 Å². The Labute approximate surface area is 114 Å². The fraction of sp³-hybridized carbons (Fsp3) is 0.533. The van der Waals surface area contributed by atoms with E-state index in [-0.39, 0.29) is 17.9 Å². The Bertz CT molecular complexity index is 408. The minimum atomic E-state index is -0.146. The number of esters is 1. The minimum Gasteiger partial charge on any atom is -0.466 e. The summed E-state index contributed by atoms with van der Waals surface area (Å²) in [6, 6.07) is 10.2. The van der Waals surface area contributed by atoms with Gasteiger partial charge in [0.15, 0.2) is 0 Å². The van der Waals surface area contributed by atoms with Crippen LogP contribution >= 0.6 is 0 Å². The number of ether oxygens (including phenoxy) is 1. The number of carbonyl (C=O) groups excluding carboxylic acids is 1. The van der Waals surface area contributed by atoms with Crippen molar-refractivity contribution >= 4 is 5.97 Å². The lowest BCUT2D eigenvalue weighted by Gasteiger charge is -2.35. The number of hydrogen-bond acceptors (Lipinski definition) is 4. The average Bonchev–Trinajstić information content (AvgIpc) is 2.40. The zero-order chi connectivity index (χ0) is 13.7. The van der Waals surface area contributed by atoms with Gasteiger partial charge in [0.2, 0.25) is 0 Å². The van der Waals surface area contributed by atoms with Gasteiger partial charge in [-0.15, -0.1) is 0 Å². The zero-order valence-electron chi connectivity index (χ0n) is 11.4. The number of piperidine rings is 1. The van der Waals surface area contributed by atoms with Crippen LogP contribution in [0.1, 0.15) is 18.9 Å².